The number of aliphatic hydroxyl groups is 1. The van der Waals surface area contributed by atoms with E-state index in [1.165, 1.54) is 12.1 Å². The van der Waals surface area contributed by atoms with E-state index in [0.717, 1.165) is 24.7 Å². The van der Waals surface area contributed by atoms with Crippen LogP contribution in [0.25, 0.3) is 0 Å². The Morgan fingerprint density at radius 3 is 2.61 bits per heavy atom. The van der Waals surface area contributed by atoms with Crippen LogP contribution in [0.4, 0.5) is 16.2 Å². The maximum atomic E-state index is 11.9. The van der Waals surface area contributed by atoms with Crippen LogP contribution in [0.3, 0.4) is 0 Å². The Kier molecular flexibility index (Phi) is 6.28. The summed E-state index contributed by atoms with van der Waals surface area (Å²) in [7, 11) is 0. The fourth-order valence-corrected chi connectivity index (χ4v) is 3.03. The van der Waals surface area contributed by atoms with E-state index >= 15 is 0 Å². The highest BCUT2D eigenvalue weighted by Crippen LogP contribution is 2.24. The minimum atomic E-state index is -0.337. The zero-order valence-electron chi connectivity index (χ0n) is 14.4. The lowest BCUT2D eigenvalue weighted by atomic mass is 10.1. The summed E-state index contributed by atoms with van der Waals surface area (Å²) in [5.41, 5.74) is 2.01. The maximum Gasteiger partial charge on any atom is 0.319 e. The number of hydrogen-bond acceptors (Lipinski definition) is 3. The quantitative estimate of drug-likeness (QED) is 0.755. The Morgan fingerprint density at radius 2 is 2.04 bits per heavy atom. The van der Waals surface area contributed by atoms with Crippen molar-refractivity contribution in [3.8, 4) is 0 Å². The average Bonchev–Trinajstić information content (AvgIpc) is 2.92. The van der Waals surface area contributed by atoms with E-state index in [-0.39, 0.29) is 18.1 Å². The normalized spacial score (nSPS) is 20.2. The molecule has 128 valence electrons. The molecule has 1 aliphatic heterocycles. The van der Waals surface area contributed by atoms with Crippen molar-refractivity contribution in [2.75, 3.05) is 29.9 Å². The van der Waals surface area contributed by atoms with Crippen LogP contribution in [0.5, 0.6) is 0 Å². The summed E-state index contributed by atoms with van der Waals surface area (Å²) in [6.07, 6.45) is 1.59. The average molecular weight is 319 g/mol. The maximum absolute atomic E-state index is 11.9. The minimum Gasteiger partial charge on any atom is -0.393 e. The van der Waals surface area contributed by atoms with E-state index < -0.39 is 0 Å². The summed E-state index contributed by atoms with van der Waals surface area (Å²) in [5, 5.41) is 15.0. The molecule has 0 saturated carbocycles. The van der Waals surface area contributed by atoms with Crippen LogP contribution in [0, 0.1) is 11.8 Å². The number of urea groups is 1. The lowest BCUT2D eigenvalue weighted by Gasteiger charge is -2.18. The van der Waals surface area contributed by atoms with Gasteiger partial charge in [-0.1, -0.05) is 13.8 Å². The van der Waals surface area contributed by atoms with Gasteiger partial charge in [0, 0.05) is 31.0 Å². The second-order valence-electron chi connectivity index (χ2n) is 6.91. The van der Waals surface area contributed by atoms with E-state index in [2.05, 4.69) is 34.6 Å². The molecular weight excluding hydrogens is 290 g/mol. The van der Waals surface area contributed by atoms with Gasteiger partial charge in [-0.25, -0.2) is 4.79 Å². The van der Waals surface area contributed by atoms with Crippen LogP contribution in [-0.4, -0.2) is 36.9 Å². The van der Waals surface area contributed by atoms with Gasteiger partial charge >= 0.3 is 6.03 Å². The van der Waals surface area contributed by atoms with Crippen LogP contribution >= 0.6 is 0 Å². The zero-order valence-corrected chi connectivity index (χ0v) is 14.4. The van der Waals surface area contributed by atoms with Crippen LogP contribution in [0.2, 0.25) is 0 Å². The molecule has 0 bridgehead atoms. The van der Waals surface area contributed by atoms with E-state index in [9.17, 15) is 9.90 Å². The summed E-state index contributed by atoms with van der Waals surface area (Å²) in [6.45, 7) is 8.82. The highest BCUT2D eigenvalue weighted by atomic mass is 16.3. The van der Waals surface area contributed by atoms with Gasteiger partial charge in [-0.3, -0.25) is 0 Å². The first-order valence-electron chi connectivity index (χ1n) is 8.52. The number of aliphatic hydroxyl groups excluding tert-OH is 1. The first kappa shape index (κ1) is 17.6. The number of nitrogens with one attached hydrogen (secondary N) is 2. The lowest BCUT2D eigenvalue weighted by molar-refractivity contribution is 0.163. The van der Waals surface area contributed by atoms with Gasteiger partial charge in [0.15, 0.2) is 0 Å². The summed E-state index contributed by atoms with van der Waals surface area (Å²) in [6, 6.07) is 7.80. The van der Waals surface area contributed by atoms with Crippen LogP contribution in [0.1, 0.15) is 33.6 Å². The Hall–Kier alpha value is -1.75. The predicted molar refractivity (Wildman–Crippen MR) is 94.9 cm³/mol. The van der Waals surface area contributed by atoms with Crippen LogP contribution in [-0.2, 0) is 0 Å². The molecular formula is C18H29N3O2. The Labute approximate surface area is 139 Å². The van der Waals surface area contributed by atoms with Crippen molar-refractivity contribution >= 4 is 17.4 Å². The van der Waals surface area contributed by atoms with Gasteiger partial charge in [-0.05, 0) is 55.9 Å². The fraction of sp³-hybridized carbons (Fsp3) is 0.611. The summed E-state index contributed by atoms with van der Waals surface area (Å²) in [5.74, 6) is 1.00. The van der Waals surface area contributed by atoms with Crippen molar-refractivity contribution in [2.24, 2.45) is 11.8 Å². The molecule has 2 rings (SSSR count). The van der Waals surface area contributed by atoms with E-state index in [1.54, 1.807) is 6.92 Å². The third-order valence-electron chi connectivity index (χ3n) is 4.27. The molecule has 0 unspecified atom stereocenters. The number of rotatable bonds is 6. The number of carbonyl (C=O) groups excluding carboxylic acids is 1. The number of amides is 2. The minimum absolute atomic E-state index is 0.204. The van der Waals surface area contributed by atoms with Crippen molar-refractivity contribution in [1.82, 2.24) is 5.32 Å². The first-order chi connectivity index (χ1) is 10.9. The molecule has 23 heavy (non-hydrogen) atoms. The number of anilines is 2. The van der Waals surface area contributed by atoms with E-state index in [0.29, 0.717) is 13.0 Å². The Morgan fingerprint density at radius 1 is 1.35 bits per heavy atom. The molecule has 1 aliphatic rings. The molecule has 1 heterocycles. The zero-order chi connectivity index (χ0) is 16.8. The van der Waals surface area contributed by atoms with Gasteiger partial charge < -0.3 is 20.6 Å². The molecule has 2 amide bonds. The topological polar surface area (TPSA) is 64.6 Å². The molecule has 0 spiro atoms. The van der Waals surface area contributed by atoms with Crippen molar-refractivity contribution in [3.63, 3.8) is 0 Å². The largest absolute Gasteiger partial charge is 0.393 e. The number of carbonyl (C=O) groups is 1. The number of benzene rings is 1. The number of hydrogen-bond donors (Lipinski definition) is 3. The molecule has 5 heteroatoms. The lowest BCUT2D eigenvalue weighted by Crippen LogP contribution is -2.33. The van der Waals surface area contributed by atoms with Crippen molar-refractivity contribution in [2.45, 2.75) is 39.7 Å². The Balaban J connectivity index is 1.78. The van der Waals surface area contributed by atoms with E-state index in [1.807, 2.05) is 19.1 Å². The molecule has 1 saturated heterocycles. The fourth-order valence-electron chi connectivity index (χ4n) is 3.03. The highest BCUT2D eigenvalue weighted by Gasteiger charge is 2.18. The summed E-state index contributed by atoms with van der Waals surface area (Å²) in [4.78, 5) is 14.3. The van der Waals surface area contributed by atoms with Crippen LogP contribution < -0.4 is 15.5 Å². The monoisotopic (exact) mass is 319 g/mol. The van der Waals surface area contributed by atoms with E-state index in [4.69, 9.17) is 0 Å². The third-order valence-corrected chi connectivity index (χ3v) is 4.27. The molecule has 0 radical (unpaired) electrons. The van der Waals surface area contributed by atoms with Crippen molar-refractivity contribution in [1.29, 1.82) is 0 Å². The molecule has 3 atom stereocenters. The van der Waals surface area contributed by atoms with Gasteiger partial charge in [0.2, 0.25) is 0 Å². The van der Waals surface area contributed by atoms with Gasteiger partial charge in [-0.15, -0.1) is 0 Å². The van der Waals surface area contributed by atoms with Crippen molar-refractivity contribution in [3.05, 3.63) is 24.3 Å². The van der Waals surface area contributed by atoms with Gasteiger partial charge in [0.05, 0.1) is 6.10 Å². The van der Waals surface area contributed by atoms with Gasteiger partial charge in [0.1, 0.15) is 0 Å². The molecule has 1 fully saturated rings. The third kappa shape index (κ3) is 5.75. The second-order valence-corrected chi connectivity index (χ2v) is 6.91. The van der Waals surface area contributed by atoms with Gasteiger partial charge in [0.25, 0.3) is 0 Å². The molecule has 5 nitrogen and oxygen atoms in total. The molecule has 0 aliphatic carbocycles. The summed E-state index contributed by atoms with van der Waals surface area (Å²) < 4.78 is 0. The number of nitrogens with zero attached hydrogens (tertiary/aromatic N) is 1. The first-order valence-corrected chi connectivity index (χ1v) is 8.52. The van der Waals surface area contributed by atoms with Crippen molar-refractivity contribution < 1.29 is 9.90 Å². The SMILES string of the molecule is C[C@H](CNC(=O)Nc1ccc(N2CC[C@H](C)C2)cc1)C[C@H](C)O. The predicted octanol–water partition coefficient (Wildman–Crippen LogP) is 3.06. The standard InChI is InChI=1S/C18H29N3O2/c1-13-8-9-21(12-13)17-6-4-16(5-7-17)20-18(23)19-11-14(2)10-15(3)22/h4-7,13-15,22H,8-12H2,1-3H3,(H2,19,20,23)/t13-,14-,15-/m0/s1. The molecule has 1 aromatic rings. The molecule has 3 N–H and O–H groups in total. The second kappa shape index (κ2) is 8.20. The molecule has 1 aromatic carbocycles. The van der Waals surface area contributed by atoms with Gasteiger partial charge in [-0.2, -0.15) is 0 Å². The summed E-state index contributed by atoms with van der Waals surface area (Å²) >= 11 is 0. The highest BCUT2D eigenvalue weighted by molar-refractivity contribution is 5.89. The van der Waals surface area contributed by atoms with Crippen LogP contribution in [0.15, 0.2) is 24.3 Å². The molecule has 0 aromatic heterocycles. The smallest absolute Gasteiger partial charge is 0.319 e. The Bertz CT molecular complexity index is 501.